The number of fused-ring (bicyclic) bond motifs is 3. The molecule has 0 spiro atoms. The molecule has 2 fully saturated rings. The fourth-order valence-electron chi connectivity index (χ4n) is 5.77. The van der Waals surface area contributed by atoms with Gasteiger partial charge in [0.15, 0.2) is 4.96 Å². The van der Waals surface area contributed by atoms with Gasteiger partial charge in [-0.25, -0.2) is 13.8 Å². The number of benzene rings is 2. The van der Waals surface area contributed by atoms with Gasteiger partial charge in [0, 0.05) is 36.8 Å². The maximum absolute atomic E-state index is 15.2. The minimum atomic E-state index is -0.678. The minimum absolute atomic E-state index is 0.146. The van der Waals surface area contributed by atoms with Crippen LogP contribution in [0.4, 0.5) is 8.78 Å². The number of aromatic nitrogens is 2. The summed E-state index contributed by atoms with van der Waals surface area (Å²) in [6.45, 7) is 3.61. The van der Waals surface area contributed by atoms with Crippen molar-refractivity contribution in [3.8, 4) is 11.3 Å². The summed E-state index contributed by atoms with van der Waals surface area (Å²) in [6.07, 6.45) is 3.40. The van der Waals surface area contributed by atoms with Gasteiger partial charge in [-0.3, -0.25) is 9.20 Å². The van der Waals surface area contributed by atoms with Crippen LogP contribution in [0.15, 0.2) is 36.4 Å². The van der Waals surface area contributed by atoms with E-state index in [1.54, 1.807) is 18.2 Å². The maximum atomic E-state index is 15.2. The molecule has 2 aromatic heterocycles. The van der Waals surface area contributed by atoms with Gasteiger partial charge in [-0.1, -0.05) is 17.4 Å². The van der Waals surface area contributed by atoms with Gasteiger partial charge < -0.3 is 20.6 Å². The molecule has 2 aliphatic heterocycles. The molecule has 2 aliphatic rings. The van der Waals surface area contributed by atoms with Crippen molar-refractivity contribution in [2.24, 2.45) is 0 Å². The highest BCUT2D eigenvalue weighted by Gasteiger charge is 2.23. The Morgan fingerprint density at radius 2 is 2.03 bits per heavy atom. The number of rotatable bonds is 8. The third-order valence-corrected chi connectivity index (χ3v) is 8.92. The Balaban J connectivity index is 1.18. The fraction of sp³-hybridized carbons (Fsp3) is 0.448. The number of amides is 1. The molecule has 1 atom stereocenters. The van der Waals surface area contributed by atoms with Crippen molar-refractivity contribution in [2.45, 2.75) is 50.9 Å². The van der Waals surface area contributed by atoms with Crippen molar-refractivity contribution in [2.75, 3.05) is 32.7 Å². The molecule has 0 saturated carbocycles. The fourth-order valence-corrected chi connectivity index (χ4v) is 6.85. The standard InChI is InChI=1S/C29H33F2N5O2S/c30-20-8-13-35(14-9-20)12-2-11-33-28(38)19-5-7-24-26(16-19)39-29-34-27(25(17-37)36(24)29)21-6-4-18(15-22(21)31)23-3-1-10-32-23/h4-7,15-16,20,23,32,37H,1-3,8-14,17H2,(H,33,38)/t23-/m1/s1. The topological polar surface area (TPSA) is 81.9 Å². The Morgan fingerprint density at radius 1 is 1.18 bits per heavy atom. The number of aliphatic hydroxyl groups is 1. The maximum Gasteiger partial charge on any atom is 0.251 e. The molecule has 0 aliphatic carbocycles. The van der Waals surface area contributed by atoms with Crippen LogP contribution < -0.4 is 10.6 Å². The van der Waals surface area contributed by atoms with Crippen LogP contribution in [-0.4, -0.2) is 64.2 Å². The minimum Gasteiger partial charge on any atom is -0.390 e. The Bertz CT molecular complexity index is 1490. The number of alkyl halides is 1. The molecule has 0 radical (unpaired) electrons. The first kappa shape index (κ1) is 26.3. The van der Waals surface area contributed by atoms with Gasteiger partial charge in [-0.2, -0.15) is 0 Å². The van der Waals surface area contributed by atoms with Gasteiger partial charge in [0.05, 0.1) is 28.2 Å². The highest BCUT2D eigenvalue weighted by atomic mass is 32.1. The molecule has 2 saturated heterocycles. The highest BCUT2D eigenvalue weighted by molar-refractivity contribution is 7.23. The monoisotopic (exact) mass is 553 g/mol. The molecule has 0 bridgehead atoms. The second-order valence-corrected chi connectivity index (χ2v) is 11.5. The quantitative estimate of drug-likeness (QED) is 0.273. The van der Waals surface area contributed by atoms with Crippen molar-refractivity contribution < 1.29 is 18.7 Å². The predicted octanol–water partition coefficient (Wildman–Crippen LogP) is 4.83. The van der Waals surface area contributed by atoms with E-state index in [9.17, 15) is 14.3 Å². The Morgan fingerprint density at radius 3 is 2.77 bits per heavy atom. The van der Waals surface area contributed by atoms with E-state index in [4.69, 9.17) is 4.98 Å². The normalized spacial score (nSPS) is 18.9. The SMILES string of the molecule is O=C(NCCCN1CCC(F)CC1)c1ccc2c(c1)sc1nc(-c3ccc([C@H]4CCCN4)cc3F)c(CO)n12. The molecular formula is C29H33F2N5O2S. The van der Waals surface area contributed by atoms with E-state index >= 15 is 4.39 Å². The van der Waals surface area contributed by atoms with Crippen molar-refractivity contribution in [1.82, 2.24) is 24.9 Å². The van der Waals surface area contributed by atoms with Crippen molar-refractivity contribution >= 4 is 32.4 Å². The average molecular weight is 554 g/mol. The van der Waals surface area contributed by atoms with E-state index < -0.39 is 6.17 Å². The van der Waals surface area contributed by atoms with E-state index in [1.807, 2.05) is 22.6 Å². The Kier molecular flexibility index (Phi) is 7.61. The molecule has 4 aromatic rings. The molecule has 10 heteroatoms. The van der Waals surface area contributed by atoms with Crippen LogP contribution in [0.25, 0.3) is 26.4 Å². The lowest BCUT2D eigenvalue weighted by molar-refractivity contribution is 0.0950. The lowest BCUT2D eigenvalue weighted by Gasteiger charge is -2.28. The molecule has 206 valence electrons. The summed E-state index contributed by atoms with van der Waals surface area (Å²) in [5.41, 5.74) is 3.63. The summed E-state index contributed by atoms with van der Waals surface area (Å²) in [4.78, 5) is 20.4. The summed E-state index contributed by atoms with van der Waals surface area (Å²) in [5, 5.41) is 16.6. The first-order valence-corrected chi connectivity index (χ1v) is 14.6. The van der Waals surface area contributed by atoms with E-state index in [0.717, 1.165) is 61.2 Å². The van der Waals surface area contributed by atoms with Gasteiger partial charge in [0.25, 0.3) is 5.91 Å². The zero-order chi connectivity index (χ0) is 26.9. The van der Waals surface area contributed by atoms with Crippen LogP contribution in [0.2, 0.25) is 0 Å². The third-order valence-electron chi connectivity index (χ3n) is 7.92. The predicted molar refractivity (Wildman–Crippen MR) is 149 cm³/mol. The summed E-state index contributed by atoms with van der Waals surface area (Å²) in [5.74, 6) is -0.496. The van der Waals surface area contributed by atoms with Crippen LogP contribution >= 0.6 is 11.3 Å². The average Bonchev–Trinajstić information content (AvgIpc) is 3.67. The molecule has 6 rings (SSSR count). The number of imidazole rings is 1. The van der Waals surface area contributed by atoms with Crippen molar-refractivity contribution in [1.29, 1.82) is 0 Å². The summed E-state index contributed by atoms with van der Waals surface area (Å²) < 4.78 is 31.2. The van der Waals surface area contributed by atoms with Gasteiger partial charge in [-0.15, -0.1) is 0 Å². The number of hydrogen-bond acceptors (Lipinski definition) is 6. The van der Waals surface area contributed by atoms with Crippen molar-refractivity contribution in [3.63, 3.8) is 0 Å². The number of nitrogens with one attached hydrogen (secondary N) is 2. The molecular weight excluding hydrogens is 520 g/mol. The van der Waals surface area contributed by atoms with Crippen LogP contribution in [-0.2, 0) is 6.61 Å². The molecule has 0 unspecified atom stereocenters. The first-order valence-electron chi connectivity index (χ1n) is 13.7. The number of piperidine rings is 1. The van der Waals surface area contributed by atoms with E-state index in [0.29, 0.717) is 46.9 Å². The number of carbonyl (C=O) groups is 1. The summed E-state index contributed by atoms with van der Waals surface area (Å²) in [6, 6.07) is 10.9. The molecule has 3 N–H and O–H groups in total. The Hall–Kier alpha value is -2.92. The van der Waals surface area contributed by atoms with Crippen LogP contribution in [0.3, 0.4) is 0 Å². The van der Waals surface area contributed by atoms with Crippen LogP contribution in [0.1, 0.15) is 59.8 Å². The van der Waals surface area contributed by atoms with E-state index in [2.05, 4.69) is 15.5 Å². The highest BCUT2D eigenvalue weighted by Crippen LogP contribution is 2.35. The molecule has 7 nitrogen and oxygen atoms in total. The smallest absolute Gasteiger partial charge is 0.251 e. The number of carbonyl (C=O) groups excluding carboxylic acids is 1. The summed E-state index contributed by atoms with van der Waals surface area (Å²) in [7, 11) is 0. The number of nitrogens with zero attached hydrogens (tertiary/aromatic N) is 3. The van der Waals surface area contributed by atoms with Gasteiger partial charge >= 0.3 is 0 Å². The molecule has 39 heavy (non-hydrogen) atoms. The number of likely N-dealkylation sites (tertiary alicyclic amines) is 1. The number of hydrogen-bond donors (Lipinski definition) is 3. The second-order valence-electron chi connectivity index (χ2n) is 10.5. The molecule has 2 aromatic carbocycles. The summed E-state index contributed by atoms with van der Waals surface area (Å²) >= 11 is 1.41. The second kappa shape index (κ2) is 11.3. The van der Waals surface area contributed by atoms with Gasteiger partial charge in [0.2, 0.25) is 0 Å². The largest absolute Gasteiger partial charge is 0.390 e. The number of halogens is 2. The first-order chi connectivity index (χ1) is 19.0. The van der Waals surface area contributed by atoms with Crippen molar-refractivity contribution in [3.05, 3.63) is 59.0 Å². The van der Waals surface area contributed by atoms with Crippen LogP contribution in [0, 0.1) is 5.82 Å². The van der Waals surface area contributed by atoms with E-state index in [1.165, 1.54) is 11.3 Å². The zero-order valence-electron chi connectivity index (χ0n) is 21.8. The third kappa shape index (κ3) is 5.30. The number of aliphatic hydroxyl groups excluding tert-OH is 1. The molecule has 4 heterocycles. The zero-order valence-corrected chi connectivity index (χ0v) is 22.6. The van der Waals surface area contributed by atoms with Gasteiger partial charge in [0.1, 0.15) is 12.0 Å². The van der Waals surface area contributed by atoms with E-state index in [-0.39, 0.29) is 24.4 Å². The Labute approximate surface area is 229 Å². The molecule has 1 amide bonds. The van der Waals surface area contributed by atoms with Crippen LogP contribution in [0.5, 0.6) is 0 Å². The number of thiazole rings is 1. The van der Waals surface area contributed by atoms with Gasteiger partial charge in [-0.05, 0) is 81.1 Å². The lowest BCUT2D eigenvalue weighted by Crippen LogP contribution is -2.36. The lowest BCUT2D eigenvalue weighted by atomic mass is 10.0.